The monoisotopic (exact) mass is 441 g/mol. The van der Waals surface area contributed by atoms with E-state index in [1.165, 1.54) is 12.1 Å². The molecule has 10 heteroatoms. The first kappa shape index (κ1) is 21.2. The Morgan fingerprint density at radius 1 is 1.03 bits per heavy atom. The number of rotatable bonds is 6. The molecule has 2 aromatic heterocycles. The van der Waals surface area contributed by atoms with E-state index in [1.54, 1.807) is 40.9 Å². The van der Waals surface area contributed by atoms with Gasteiger partial charge in [-0.1, -0.05) is 17.3 Å². The summed E-state index contributed by atoms with van der Waals surface area (Å²) in [4.78, 5) is 12.9. The Morgan fingerprint density at radius 3 is 2.28 bits per heavy atom. The van der Waals surface area contributed by atoms with Gasteiger partial charge in [0.15, 0.2) is 11.5 Å². The molecule has 32 heavy (non-hydrogen) atoms. The van der Waals surface area contributed by atoms with Crippen molar-refractivity contribution in [3.05, 3.63) is 89.9 Å². The van der Waals surface area contributed by atoms with E-state index in [2.05, 4.69) is 15.6 Å². The van der Waals surface area contributed by atoms with Crippen molar-refractivity contribution in [1.29, 1.82) is 0 Å². The Balaban J connectivity index is 1.61. The highest BCUT2D eigenvalue weighted by atomic mass is 19.4. The average Bonchev–Trinajstić information content (AvgIpc) is 3.44. The van der Waals surface area contributed by atoms with Crippen molar-refractivity contribution < 1.29 is 22.7 Å². The SMILES string of the molecule is COc1ccc(Cn2nnc(C(=O)Nc3ccc(C(F)(F)F)cc3)c2-n2cccc2)cc1. The Kier molecular flexibility index (Phi) is 5.67. The quantitative estimate of drug-likeness (QED) is 0.482. The Labute approximate surface area is 181 Å². The van der Waals surface area contributed by atoms with Crippen molar-refractivity contribution in [3.8, 4) is 11.6 Å². The first-order valence-electron chi connectivity index (χ1n) is 9.53. The molecule has 0 saturated carbocycles. The number of anilines is 1. The van der Waals surface area contributed by atoms with Gasteiger partial charge in [0.05, 0.1) is 19.2 Å². The third-order valence-corrected chi connectivity index (χ3v) is 4.73. The largest absolute Gasteiger partial charge is 0.497 e. The number of carbonyl (C=O) groups excluding carboxylic acids is 1. The molecule has 0 fully saturated rings. The molecule has 4 aromatic rings. The first-order valence-corrected chi connectivity index (χ1v) is 9.53. The van der Waals surface area contributed by atoms with E-state index in [1.807, 2.05) is 24.3 Å². The standard InChI is InChI=1S/C22H18F3N5O2/c1-32-18-10-4-15(5-11-18)14-30-21(29-12-2-3-13-29)19(27-28-30)20(31)26-17-8-6-16(7-9-17)22(23,24)25/h2-13H,14H2,1H3,(H,26,31). The van der Waals surface area contributed by atoms with Crippen LogP contribution in [0.25, 0.3) is 5.82 Å². The summed E-state index contributed by atoms with van der Waals surface area (Å²) in [6, 6.07) is 15.2. The number of hydrogen-bond acceptors (Lipinski definition) is 4. The number of nitrogens with zero attached hydrogens (tertiary/aromatic N) is 4. The molecule has 0 atom stereocenters. The van der Waals surface area contributed by atoms with Crippen molar-refractivity contribution in [2.75, 3.05) is 12.4 Å². The molecule has 0 unspecified atom stereocenters. The van der Waals surface area contributed by atoms with E-state index in [4.69, 9.17) is 4.74 Å². The molecule has 0 radical (unpaired) electrons. The average molecular weight is 441 g/mol. The Bertz CT molecular complexity index is 1200. The van der Waals surface area contributed by atoms with Crippen LogP contribution < -0.4 is 10.1 Å². The van der Waals surface area contributed by atoms with E-state index in [-0.39, 0.29) is 11.4 Å². The summed E-state index contributed by atoms with van der Waals surface area (Å²) < 4.78 is 46.7. The minimum atomic E-state index is -4.45. The van der Waals surface area contributed by atoms with Crippen molar-refractivity contribution in [3.63, 3.8) is 0 Å². The smallest absolute Gasteiger partial charge is 0.416 e. The summed E-state index contributed by atoms with van der Waals surface area (Å²) in [5.74, 6) is 0.555. The maximum absolute atomic E-state index is 12.9. The minimum absolute atomic E-state index is 0.0367. The first-order chi connectivity index (χ1) is 15.3. The maximum atomic E-state index is 12.9. The lowest BCUT2D eigenvalue weighted by molar-refractivity contribution is -0.137. The second kappa shape index (κ2) is 8.58. The zero-order valence-corrected chi connectivity index (χ0v) is 16.9. The topological polar surface area (TPSA) is 74.0 Å². The number of carbonyl (C=O) groups is 1. The van der Waals surface area contributed by atoms with Crippen LogP contribution >= 0.6 is 0 Å². The third kappa shape index (κ3) is 4.48. The summed E-state index contributed by atoms with van der Waals surface area (Å²) in [7, 11) is 1.58. The zero-order valence-electron chi connectivity index (χ0n) is 16.9. The van der Waals surface area contributed by atoms with E-state index in [0.29, 0.717) is 12.4 Å². The van der Waals surface area contributed by atoms with Gasteiger partial charge in [-0.25, -0.2) is 4.68 Å². The van der Waals surface area contributed by atoms with Crippen molar-refractivity contribution in [2.45, 2.75) is 12.7 Å². The Hall–Kier alpha value is -4.08. The molecule has 0 saturated heterocycles. The molecular weight excluding hydrogens is 423 g/mol. The van der Waals surface area contributed by atoms with Gasteiger partial charge in [-0.15, -0.1) is 5.10 Å². The lowest BCUT2D eigenvalue weighted by atomic mass is 10.2. The fourth-order valence-electron chi connectivity index (χ4n) is 3.13. The molecular formula is C22H18F3N5O2. The van der Waals surface area contributed by atoms with Crippen molar-refractivity contribution in [1.82, 2.24) is 19.6 Å². The van der Waals surface area contributed by atoms with E-state index in [9.17, 15) is 18.0 Å². The van der Waals surface area contributed by atoms with Gasteiger partial charge >= 0.3 is 6.18 Å². The number of nitrogens with one attached hydrogen (secondary N) is 1. The molecule has 0 spiro atoms. The molecule has 164 valence electrons. The predicted octanol–water partition coefficient (Wildman–Crippen LogP) is 4.40. The van der Waals surface area contributed by atoms with Gasteiger partial charge < -0.3 is 14.6 Å². The van der Waals surface area contributed by atoms with Crippen LogP contribution in [0.3, 0.4) is 0 Å². The summed E-state index contributed by atoms with van der Waals surface area (Å²) in [5, 5.41) is 10.7. The van der Waals surface area contributed by atoms with E-state index >= 15 is 0 Å². The highest BCUT2D eigenvalue weighted by Gasteiger charge is 2.30. The van der Waals surface area contributed by atoms with Crippen LogP contribution in [0.1, 0.15) is 21.6 Å². The normalized spacial score (nSPS) is 11.4. The number of halogens is 3. The molecule has 0 aliphatic rings. The fourth-order valence-corrected chi connectivity index (χ4v) is 3.13. The van der Waals surface area contributed by atoms with Crippen LogP contribution in [0, 0.1) is 0 Å². The molecule has 7 nitrogen and oxygen atoms in total. The molecule has 4 rings (SSSR count). The molecule has 0 aliphatic carbocycles. The fraction of sp³-hybridized carbons (Fsp3) is 0.136. The maximum Gasteiger partial charge on any atom is 0.416 e. The second-order valence-electron chi connectivity index (χ2n) is 6.89. The van der Waals surface area contributed by atoms with Gasteiger partial charge in [0.2, 0.25) is 0 Å². The van der Waals surface area contributed by atoms with Crippen molar-refractivity contribution in [2.24, 2.45) is 0 Å². The molecule has 1 N–H and O–H groups in total. The number of methoxy groups -OCH3 is 1. The minimum Gasteiger partial charge on any atom is -0.497 e. The van der Waals surface area contributed by atoms with Crippen molar-refractivity contribution >= 4 is 11.6 Å². The molecule has 0 bridgehead atoms. The third-order valence-electron chi connectivity index (χ3n) is 4.73. The number of benzene rings is 2. The van der Waals surface area contributed by atoms with Gasteiger partial charge in [-0.3, -0.25) is 4.79 Å². The van der Waals surface area contributed by atoms with Gasteiger partial charge in [-0.05, 0) is 54.1 Å². The number of alkyl halides is 3. The summed E-state index contributed by atoms with van der Waals surface area (Å²) in [6.07, 6.45) is -0.954. The number of aromatic nitrogens is 4. The summed E-state index contributed by atoms with van der Waals surface area (Å²) >= 11 is 0. The van der Waals surface area contributed by atoms with Gasteiger partial charge in [0.1, 0.15) is 5.75 Å². The lowest BCUT2D eigenvalue weighted by Gasteiger charge is -2.11. The van der Waals surface area contributed by atoms with E-state index < -0.39 is 17.6 Å². The van der Waals surface area contributed by atoms with Crippen LogP contribution in [0.2, 0.25) is 0 Å². The molecule has 2 aromatic carbocycles. The van der Waals surface area contributed by atoms with Crippen LogP contribution in [0.4, 0.5) is 18.9 Å². The van der Waals surface area contributed by atoms with E-state index in [0.717, 1.165) is 23.4 Å². The van der Waals surface area contributed by atoms with Crippen LogP contribution in [0.5, 0.6) is 5.75 Å². The zero-order chi connectivity index (χ0) is 22.7. The number of hydrogen-bond donors (Lipinski definition) is 1. The summed E-state index contributed by atoms with van der Waals surface area (Å²) in [5.41, 5.74) is 0.369. The van der Waals surface area contributed by atoms with Gasteiger partial charge in [0, 0.05) is 18.1 Å². The predicted molar refractivity (Wildman–Crippen MR) is 111 cm³/mol. The Morgan fingerprint density at radius 2 is 1.69 bits per heavy atom. The van der Waals surface area contributed by atoms with Crippen LogP contribution in [-0.2, 0) is 12.7 Å². The van der Waals surface area contributed by atoms with Gasteiger partial charge in [0.25, 0.3) is 5.91 Å². The highest BCUT2D eigenvalue weighted by molar-refractivity contribution is 6.04. The highest BCUT2D eigenvalue weighted by Crippen LogP contribution is 2.30. The molecule has 1 amide bonds. The molecule has 0 aliphatic heterocycles. The van der Waals surface area contributed by atoms with Crippen LogP contribution in [0.15, 0.2) is 73.1 Å². The lowest BCUT2D eigenvalue weighted by Crippen LogP contribution is -2.17. The second-order valence-corrected chi connectivity index (χ2v) is 6.89. The summed E-state index contributed by atoms with van der Waals surface area (Å²) in [6.45, 7) is 0.345. The van der Waals surface area contributed by atoms with Gasteiger partial charge in [-0.2, -0.15) is 13.2 Å². The number of ether oxygens (including phenoxy) is 1. The van der Waals surface area contributed by atoms with Crippen LogP contribution in [-0.4, -0.2) is 32.6 Å². The number of amides is 1. The molecule has 2 heterocycles.